The zero-order valence-corrected chi connectivity index (χ0v) is 9.95. The van der Waals surface area contributed by atoms with Crippen LogP contribution in [0.3, 0.4) is 0 Å². The second kappa shape index (κ2) is 4.49. The molecule has 18 heavy (non-hydrogen) atoms. The van der Waals surface area contributed by atoms with E-state index in [0.29, 0.717) is 11.5 Å². The molecule has 94 valence electrons. The van der Waals surface area contributed by atoms with Gasteiger partial charge < -0.3 is 10.3 Å². The summed E-state index contributed by atoms with van der Waals surface area (Å²) < 4.78 is 19.3. The molecule has 0 aliphatic heterocycles. The summed E-state index contributed by atoms with van der Waals surface area (Å²) in [6.07, 6.45) is 3.91. The second-order valence-corrected chi connectivity index (χ2v) is 4.49. The van der Waals surface area contributed by atoms with Crippen LogP contribution >= 0.6 is 0 Å². The third-order valence-electron chi connectivity index (χ3n) is 3.35. The number of benzene rings is 1. The van der Waals surface area contributed by atoms with E-state index >= 15 is 0 Å². The van der Waals surface area contributed by atoms with Crippen LogP contribution in [-0.4, -0.2) is 10.1 Å². The van der Waals surface area contributed by atoms with E-state index in [4.69, 9.17) is 10.3 Å². The van der Waals surface area contributed by atoms with Crippen molar-refractivity contribution in [3.63, 3.8) is 0 Å². The summed E-state index contributed by atoms with van der Waals surface area (Å²) in [5.41, 5.74) is 7.71. The van der Waals surface area contributed by atoms with Crippen LogP contribution in [-0.2, 0) is 19.4 Å². The van der Waals surface area contributed by atoms with E-state index in [1.165, 1.54) is 0 Å². The lowest BCUT2D eigenvalue weighted by molar-refractivity contribution is 0.380. The molecule has 1 aromatic heterocycles. The van der Waals surface area contributed by atoms with Crippen molar-refractivity contribution < 1.29 is 8.91 Å². The quantitative estimate of drug-likeness (QED) is 0.883. The standard InChI is InChI=1S/C13H14FN3O/c14-12-9-4-2-1-3-8(9)5-6-10(12)13-16-11(7-15)18-17-13/h5-6H,1-4,7,15H2. The average molecular weight is 247 g/mol. The van der Waals surface area contributed by atoms with Crippen molar-refractivity contribution in [3.05, 3.63) is 35.0 Å². The summed E-state index contributed by atoms with van der Waals surface area (Å²) >= 11 is 0. The molecule has 5 heteroatoms. The molecule has 0 spiro atoms. The van der Waals surface area contributed by atoms with Gasteiger partial charge in [0, 0.05) is 0 Å². The molecule has 3 rings (SSSR count). The molecule has 1 aliphatic rings. The van der Waals surface area contributed by atoms with E-state index < -0.39 is 0 Å². The van der Waals surface area contributed by atoms with Gasteiger partial charge >= 0.3 is 0 Å². The van der Waals surface area contributed by atoms with Crippen molar-refractivity contribution >= 4 is 0 Å². The Morgan fingerprint density at radius 3 is 2.89 bits per heavy atom. The number of fused-ring (bicyclic) bond motifs is 1. The lowest BCUT2D eigenvalue weighted by Gasteiger charge is -2.17. The summed E-state index contributed by atoms with van der Waals surface area (Å²) in [4.78, 5) is 4.07. The normalized spacial score (nSPS) is 14.6. The Hall–Kier alpha value is -1.75. The van der Waals surface area contributed by atoms with Crippen LogP contribution < -0.4 is 5.73 Å². The first-order chi connectivity index (χ1) is 8.79. The second-order valence-electron chi connectivity index (χ2n) is 4.49. The third kappa shape index (κ3) is 1.80. The Bertz CT molecular complexity index is 580. The molecule has 0 saturated carbocycles. The van der Waals surface area contributed by atoms with Gasteiger partial charge in [0.2, 0.25) is 11.7 Å². The predicted molar refractivity (Wildman–Crippen MR) is 64.2 cm³/mol. The van der Waals surface area contributed by atoms with Crippen LogP contribution in [0, 0.1) is 5.82 Å². The highest BCUT2D eigenvalue weighted by molar-refractivity contribution is 5.58. The maximum atomic E-state index is 14.4. The van der Waals surface area contributed by atoms with Gasteiger partial charge in [0.1, 0.15) is 5.82 Å². The van der Waals surface area contributed by atoms with Gasteiger partial charge in [-0.25, -0.2) is 4.39 Å². The SMILES string of the molecule is NCc1nc(-c2ccc3c(c2F)CCCC3)no1. The fourth-order valence-electron chi connectivity index (χ4n) is 2.40. The van der Waals surface area contributed by atoms with Crippen molar-refractivity contribution in [2.45, 2.75) is 32.2 Å². The van der Waals surface area contributed by atoms with Gasteiger partial charge in [-0.05, 0) is 42.9 Å². The number of hydrogen-bond donors (Lipinski definition) is 1. The van der Waals surface area contributed by atoms with E-state index in [2.05, 4.69) is 10.1 Å². The molecule has 0 saturated heterocycles. The summed E-state index contributed by atoms with van der Waals surface area (Å²) in [5.74, 6) is 0.389. The fourth-order valence-corrected chi connectivity index (χ4v) is 2.40. The Morgan fingerprint density at radius 2 is 2.11 bits per heavy atom. The maximum absolute atomic E-state index is 14.4. The number of nitrogens with two attached hydrogens (primary N) is 1. The van der Waals surface area contributed by atoms with Crippen LogP contribution in [0.2, 0.25) is 0 Å². The number of hydrogen-bond acceptors (Lipinski definition) is 4. The zero-order valence-electron chi connectivity index (χ0n) is 9.95. The highest BCUT2D eigenvalue weighted by Gasteiger charge is 2.19. The maximum Gasteiger partial charge on any atom is 0.240 e. The van der Waals surface area contributed by atoms with Crippen molar-refractivity contribution in [1.29, 1.82) is 0 Å². The van der Waals surface area contributed by atoms with E-state index in [9.17, 15) is 4.39 Å². The lowest BCUT2D eigenvalue weighted by atomic mass is 9.89. The fraction of sp³-hybridized carbons (Fsp3) is 0.385. The summed E-state index contributed by atoms with van der Waals surface area (Å²) in [6, 6.07) is 3.69. The van der Waals surface area contributed by atoms with Crippen molar-refractivity contribution in [1.82, 2.24) is 10.1 Å². The van der Waals surface area contributed by atoms with Gasteiger partial charge in [-0.2, -0.15) is 4.98 Å². The average Bonchev–Trinajstić information content (AvgIpc) is 2.88. The highest BCUT2D eigenvalue weighted by atomic mass is 19.1. The highest BCUT2D eigenvalue weighted by Crippen LogP contribution is 2.30. The molecule has 0 radical (unpaired) electrons. The van der Waals surface area contributed by atoms with Crippen LogP contribution in [0.15, 0.2) is 16.7 Å². The number of halogens is 1. The zero-order chi connectivity index (χ0) is 12.5. The Balaban J connectivity index is 2.07. The first-order valence-electron chi connectivity index (χ1n) is 6.13. The molecule has 0 atom stereocenters. The van der Waals surface area contributed by atoms with Gasteiger partial charge in [0.05, 0.1) is 12.1 Å². The van der Waals surface area contributed by atoms with E-state index in [1.54, 1.807) is 6.07 Å². The van der Waals surface area contributed by atoms with Crippen molar-refractivity contribution in [2.24, 2.45) is 5.73 Å². The molecule has 0 fully saturated rings. The molecular formula is C13H14FN3O. The third-order valence-corrected chi connectivity index (χ3v) is 3.35. The minimum absolute atomic E-state index is 0.166. The molecule has 0 bridgehead atoms. The number of aromatic nitrogens is 2. The first kappa shape index (κ1) is 11.3. The monoisotopic (exact) mass is 247 g/mol. The van der Waals surface area contributed by atoms with Crippen LogP contribution in [0.5, 0.6) is 0 Å². The molecular weight excluding hydrogens is 233 g/mol. The van der Waals surface area contributed by atoms with Crippen LogP contribution in [0.1, 0.15) is 29.9 Å². The van der Waals surface area contributed by atoms with E-state index in [1.807, 2.05) is 6.07 Å². The molecule has 2 aromatic rings. The molecule has 4 nitrogen and oxygen atoms in total. The molecule has 1 aromatic carbocycles. The predicted octanol–water partition coefficient (Wildman–Crippen LogP) is 2.21. The first-order valence-corrected chi connectivity index (χ1v) is 6.13. The largest absolute Gasteiger partial charge is 0.338 e. The number of rotatable bonds is 2. The minimum Gasteiger partial charge on any atom is -0.338 e. The van der Waals surface area contributed by atoms with Gasteiger partial charge in [0.15, 0.2) is 0 Å². The van der Waals surface area contributed by atoms with Crippen molar-refractivity contribution in [2.75, 3.05) is 0 Å². The molecule has 0 amide bonds. The molecule has 1 heterocycles. The Morgan fingerprint density at radius 1 is 1.28 bits per heavy atom. The Labute approximate surface area is 104 Å². The lowest BCUT2D eigenvalue weighted by Crippen LogP contribution is -2.06. The van der Waals surface area contributed by atoms with Crippen LogP contribution in [0.4, 0.5) is 4.39 Å². The van der Waals surface area contributed by atoms with Gasteiger partial charge in [0.25, 0.3) is 0 Å². The number of nitrogens with zero attached hydrogens (tertiary/aromatic N) is 2. The molecule has 1 aliphatic carbocycles. The van der Waals surface area contributed by atoms with Crippen LogP contribution in [0.25, 0.3) is 11.4 Å². The minimum atomic E-state index is -0.212. The van der Waals surface area contributed by atoms with E-state index in [-0.39, 0.29) is 18.2 Å². The Kier molecular flexibility index (Phi) is 2.83. The van der Waals surface area contributed by atoms with E-state index in [0.717, 1.165) is 36.8 Å². The van der Waals surface area contributed by atoms with Crippen molar-refractivity contribution in [3.8, 4) is 11.4 Å². The summed E-state index contributed by atoms with van der Waals surface area (Å²) in [6.45, 7) is 0.166. The molecule has 2 N–H and O–H groups in total. The number of aryl methyl sites for hydroxylation is 1. The van der Waals surface area contributed by atoms with Gasteiger partial charge in [-0.1, -0.05) is 11.2 Å². The molecule has 0 unspecified atom stereocenters. The summed E-state index contributed by atoms with van der Waals surface area (Å²) in [7, 11) is 0. The summed E-state index contributed by atoms with van der Waals surface area (Å²) in [5, 5.41) is 3.76. The van der Waals surface area contributed by atoms with Gasteiger partial charge in [-0.3, -0.25) is 0 Å². The topological polar surface area (TPSA) is 64.9 Å². The van der Waals surface area contributed by atoms with Gasteiger partial charge in [-0.15, -0.1) is 0 Å². The smallest absolute Gasteiger partial charge is 0.240 e.